The zero-order valence-corrected chi connectivity index (χ0v) is 11.2. The molecule has 0 saturated carbocycles. The summed E-state index contributed by atoms with van der Waals surface area (Å²) in [5.41, 5.74) is 2.18. The lowest BCUT2D eigenvalue weighted by molar-refractivity contribution is 0.738. The average molecular weight is 268 g/mol. The molecular weight excluding hydrogens is 254 g/mol. The molecule has 0 aromatic carbocycles. The number of anilines is 2. The Balaban J connectivity index is 2.10. The molecule has 18 heavy (non-hydrogen) atoms. The summed E-state index contributed by atoms with van der Waals surface area (Å²) >= 11 is 5.79. The molecule has 96 valence electrons. The molecule has 0 amide bonds. The van der Waals surface area contributed by atoms with E-state index in [4.69, 9.17) is 11.6 Å². The Kier molecular flexibility index (Phi) is 3.61. The highest BCUT2D eigenvalue weighted by Crippen LogP contribution is 2.11. The van der Waals surface area contributed by atoms with Crippen LogP contribution in [-0.2, 0) is 13.6 Å². The lowest BCUT2D eigenvalue weighted by Gasteiger charge is -2.06. The van der Waals surface area contributed by atoms with Crippen LogP contribution in [0.3, 0.4) is 0 Å². The first-order chi connectivity index (χ1) is 8.60. The van der Waals surface area contributed by atoms with Crippen molar-refractivity contribution in [2.24, 2.45) is 7.05 Å². The number of rotatable bonds is 4. The second kappa shape index (κ2) is 5.18. The Labute approximate surface area is 110 Å². The van der Waals surface area contributed by atoms with Crippen LogP contribution in [0.5, 0.6) is 0 Å². The van der Waals surface area contributed by atoms with E-state index in [2.05, 4.69) is 30.7 Å². The first kappa shape index (κ1) is 12.6. The van der Waals surface area contributed by atoms with Gasteiger partial charge in [-0.25, -0.2) is 0 Å². The number of halogens is 1. The van der Waals surface area contributed by atoms with Crippen molar-refractivity contribution in [3.05, 3.63) is 22.7 Å². The van der Waals surface area contributed by atoms with Crippen molar-refractivity contribution < 1.29 is 0 Å². The van der Waals surface area contributed by atoms with Crippen LogP contribution >= 0.6 is 11.6 Å². The van der Waals surface area contributed by atoms with Crippen LogP contribution in [0, 0.1) is 6.92 Å². The van der Waals surface area contributed by atoms with E-state index in [0.29, 0.717) is 18.4 Å². The Bertz CT molecular complexity index is 551. The summed E-state index contributed by atoms with van der Waals surface area (Å²) in [6.07, 6.45) is 1.81. The Morgan fingerprint density at radius 3 is 2.61 bits per heavy atom. The molecule has 0 fully saturated rings. The van der Waals surface area contributed by atoms with Crippen LogP contribution in [0.2, 0.25) is 5.28 Å². The number of hydrogen-bond acceptors (Lipinski definition) is 6. The first-order valence-electron chi connectivity index (χ1n) is 5.41. The summed E-state index contributed by atoms with van der Waals surface area (Å²) in [6, 6.07) is 0. The molecule has 0 saturated heterocycles. The summed E-state index contributed by atoms with van der Waals surface area (Å²) in [7, 11) is 3.62. The average Bonchev–Trinajstić information content (AvgIpc) is 2.67. The minimum atomic E-state index is 0.153. The predicted molar refractivity (Wildman–Crippen MR) is 69.7 cm³/mol. The standard InChI is InChI=1S/C10H14ClN7/c1-6-7(5-14-18(6)3)4-13-10-16-8(11)15-9(12-2)17-10/h5H,4H2,1-3H3,(H2,12,13,15,16,17). The molecule has 0 spiro atoms. The Morgan fingerprint density at radius 2 is 2.00 bits per heavy atom. The summed E-state index contributed by atoms with van der Waals surface area (Å²) in [4.78, 5) is 12.1. The molecule has 2 heterocycles. The highest BCUT2D eigenvalue weighted by atomic mass is 35.5. The largest absolute Gasteiger partial charge is 0.357 e. The number of aromatic nitrogens is 5. The van der Waals surface area contributed by atoms with E-state index in [1.807, 2.05) is 24.9 Å². The van der Waals surface area contributed by atoms with Crippen molar-refractivity contribution in [2.75, 3.05) is 17.7 Å². The van der Waals surface area contributed by atoms with Crippen LogP contribution in [0.15, 0.2) is 6.20 Å². The molecule has 2 aromatic heterocycles. The summed E-state index contributed by atoms with van der Waals surface area (Å²) in [5, 5.41) is 10.2. The zero-order chi connectivity index (χ0) is 13.1. The van der Waals surface area contributed by atoms with Gasteiger partial charge in [-0.1, -0.05) is 0 Å². The Hall–Kier alpha value is -1.89. The molecule has 0 bridgehead atoms. The number of nitrogens with one attached hydrogen (secondary N) is 2. The SMILES string of the molecule is CNc1nc(Cl)nc(NCc2cnn(C)c2C)n1. The molecule has 2 N–H and O–H groups in total. The Morgan fingerprint density at radius 1 is 1.28 bits per heavy atom. The molecule has 2 rings (SSSR count). The van der Waals surface area contributed by atoms with Gasteiger partial charge in [0.25, 0.3) is 0 Å². The van der Waals surface area contributed by atoms with Crippen LogP contribution in [0.1, 0.15) is 11.3 Å². The van der Waals surface area contributed by atoms with Gasteiger partial charge in [0, 0.05) is 31.9 Å². The first-order valence-corrected chi connectivity index (χ1v) is 5.78. The number of hydrogen-bond donors (Lipinski definition) is 2. The maximum Gasteiger partial charge on any atom is 0.229 e. The van der Waals surface area contributed by atoms with E-state index in [1.165, 1.54) is 0 Å². The third kappa shape index (κ3) is 2.67. The van der Waals surface area contributed by atoms with Crippen LogP contribution in [0.4, 0.5) is 11.9 Å². The van der Waals surface area contributed by atoms with E-state index in [-0.39, 0.29) is 5.28 Å². The van der Waals surface area contributed by atoms with Crippen molar-refractivity contribution in [3.63, 3.8) is 0 Å². The van der Waals surface area contributed by atoms with E-state index in [1.54, 1.807) is 7.05 Å². The third-order valence-corrected chi connectivity index (χ3v) is 2.77. The van der Waals surface area contributed by atoms with Gasteiger partial charge in [0.1, 0.15) is 0 Å². The zero-order valence-electron chi connectivity index (χ0n) is 10.4. The molecule has 7 nitrogen and oxygen atoms in total. The normalized spacial score (nSPS) is 10.4. The van der Waals surface area contributed by atoms with Crippen molar-refractivity contribution in [2.45, 2.75) is 13.5 Å². The van der Waals surface area contributed by atoms with E-state index < -0.39 is 0 Å². The van der Waals surface area contributed by atoms with Gasteiger partial charge >= 0.3 is 0 Å². The third-order valence-electron chi connectivity index (χ3n) is 2.61. The van der Waals surface area contributed by atoms with Gasteiger partial charge in [0.05, 0.1) is 6.20 Å². The summed E-state index contributed by atoms with van der Waals surface area (Å²) < 4.78 is 1.82. The fraction of sp³-hybridized carbons (Fsp3) is 0.400. The second-order valence-electron chi connectivity index (χ2n) is 3.73. The van der Waals surface area contributed by atoms with Gasteiger partial charge in [-0.3, -0.25) is 4.68 Å². The lowest BCUT2D eigenvalue weighted by atomic mass is 10.2. The van der Waals surface area contributed by atoms with Crippen LogP contribution in [-0.4, -0.2) is 31.8 Å². The molecule has 0 atom stereocenters. The topological polar surface area (TPSA) is 80.5 Å². The fourth-order valence-corrected chi connectivity index (χ4v) is 1.59. The van der Waals surface area contributed by atoms with Crippen molar-refractivity contribution in [3.8, 4) is 0 Å². The predicted octanol–water partition coefficient (Wildman–Crippen LogP) is 1.22. The molecular formula is C10H14ClN7. The maximum absolute atomic E-state index is 5.79. The van der Waals surface area contributed by atoms with E-state index >= 15 is 0 Å². The summed E-state index contributed by atoms with van der Waals surface area (Å²) in [5.74, 6) is 0.864. The molecule has 8 heteroatoms. The van der Waals surface area contributed by atoms with Crippen LogP contribution < -0.4 is 10.6 Å². The van der Waals surface area contributed by atoms with Gasteiger partial charge in [-0.2, -0.15) is 20.1 Å². The van der Waals surface area contributed by atoms with Crippen molar-refractivity contribution in [1.29, 1.82) is 0 Å². The van der Waals surface area contributed by atoms with Crippen LogP contribution in [0.25, 0.3) is 0 Å². The fourth-order valence-electron chi connectivity index (χ4n) is 1.43. The molecule has 0 radical (unpaired) electrons. The van der Waals surface area contributed by atoms with Gasteiger partial charge in [0.2, 0.25) is 17.2 Å². The van der Waals surface area contributed by atoms with E-state index in [9.17, 15) is 0 Å². The maximum atomic E-state index is 5.79. The van der Waals surface area contributed by atoms with E-state index in [0.717, 1.165) is 11.3 Å². The lowest BCUT2D eigenvalue weighted by Crippen LogP contribution is -2.07. The quantitative estimate of drug-likeness (QED) is 0.867. The van der Waals surface area contributed by atoms with Gasteiger partial charge in [-0.15, -0.1) is 0 Å². The molecule has 0 aliphatic carbocycles. The number of nitrogens with zero attached hydrogens (tertiary/aromatic N) is 5. The highest BCUT2D eigenvalue weighted by molar-refractivity contribution is 6.28. The van der Waals surface area contributed by atoms with Gasteiger partial charge in [0.15, 0.2) is 0 Å². The monoisotopic (exact) mass is 267 g/mol. The molecule has 2 aromatic rings. The van der Waals surface area contributed by atoms with Crippen molar-refractivity contribution >= 4 is 23.5 Å². The van der Waals surface area contributed by atoms with Gasteiger partial charge < -0.3 is 10.6 Å². The summed E-state index contributed by atoms with van der Waals surface area (Å²) in [6.45, 7) is 2.59. The molecule has 0 aliphatic rings. The highest BCUT2D eigenvalue weighted by Gasteiger charge is 2.06. The minimum Gasteiger partial charge on any atom is -0.357 e. The van der Waals surface area contributed by atoms with Crippen molar-refractivity contribution in [1.82, 2.24) is 24.7 Å². The number of aryl methyl sites for hydroxylation is 1. The molecule has 0 aliphatic heterocycles. The minimum absolute atomic E-state index is 0.153. The molecule has 0 unspecified atom stereocenters. The second-order valence-corrected chi connectivity index (χ2v) is 4.07. The van der Waals surface area contributed by atoms with Gasteiger partial charge in [-0.05, 0) is 18.5 Å². The smallest absolute Gasteiger partial charge is 0.229 e.